The van der Waals surface area contributed by atoms with E-state index in [1.54, 1.807) is 12.1 Å². The summed E-state index contributed by atoms with van der Waals surface area (Å²) in [7, 11) is -0.966. The Hall–Kier alpha value is -2.35. The van der Waals surface area contributed by atoms with Crippen LogP contribution in [0.1, 0.15) is 10.4 Å². The molecule has 0 spiro atoms. The van der Waals surface area contributed by atoms with Crippen LogP contribution in [0.15, 0.2) is 41.6 Å². The van der Waals surface area contributed by atoms with Gasteiger partial charge in [-0.15, -0.1) is 0 Å². The number of aryl methyl sites for hydroxylation is 1. The minimum atomic E-state index is -3.75. The van der Waals surface area contributed by atoms with Crippen molar-refractivity contribution in [2.24, 2.45) is 7.05 Å². The second kappa shape index (κ2) is 5.33. The minimum absolute atomic E-state index is 0.0287. The van der Waals surface area contributed by atoms with Crippen molar-refractivity contribution in [3.63, 3.8) is 0 Å². The zero-order chi connectivity index (χ0) is 14.8. The quantitative estimate of drug-likeness (QED) is 0.850. The third kappa shape index (κ3) is 2.80. The van der Waals surface area contributed by atoms with Crippen molar-refractivity contribution < 1.29 is 17.9 Å². The molecule has 0 fully saturated rings. The number of nitrogens with one attached hydrogen (secondary N) is 1. The Labute approximate surface area is 116 Å². The fourth-order valence-electron chi connectivity index (χ4n) is 1.66. The lowest BCUT2D eigenvalue weighted by Gasteiger charge is -2.09. The van der Waals surface area contributed by atoms with Crippen molar-refractivity contribution in [1.29, 1.82) is 0 Å². The molecule has 0 atom stereocenters. The summed E-state index contributed by atoms with van der Waals surface area (Å²) < 4.78 is 32.5. The molecule has 0 aliphatic carbocycles. The molecule has 0 unspecified atom stereocenters. The molecule has 106 valence electrons. The van der Waals surface area contributed by atoms with Gasteiger partial charge >= 0.3 is 5.97 Å². The number of carbonyl (C=O) groups is 1. The number of esters is 1. The van der Waals surface area contributed by atoms with Gasteiger partial charge in [-0.1, -0.05) is 6.07 Å². The van der Waals surface area contributed by atoms with E-state index >= 15 is 0 Å². The third-order valence-corrected chi connectivity index (χ3v) is 4.04. The van der Waals surface area contributed by atoms with Crippen molar-refractivity contribution in [2.75, 3.05) is 11.8 Å². The maximum atomic E-state index is 12.1. The topological polar surface area (TPSA) is 90.3 Å². The van der Waals surface area contributed by atoms with E-state index in [0.29, 0.717) is 0 Å². The largest absolute Gasteiger partial charge is 0.465 e. The number of hydrogen-bond donors (Lipinski definition) is 1. The molecule has 2 aromatic rings. The van der Waals surface area contributed by atoms with Gasteiger partial charge in [-0.3, -0.25) is 9.40 Å². The second-order valence-electron chi connectivity index (χ2n) is 3.97. The lowest BCUT2D eigenvalue weighted by atomic mass is 10.2. The SMILES string of the molecule is COC(=O)c1cccc(NS(=O)(=O)c2ccnn2C)c1. The highest BCUT2D eigenvalue weighted by Crippen LogP contribution is 2.17. The van der Waals surface area contributed by atoms with Gasteiger partial charge in [0, 0.05) is 12.7 Å². The molecule has 0 saturated heterocycles. The van der Waals surface area contributed by atoms with Crippen molar-refractivity contribution in [2.45, 2.75) is 5.03 Å². The summed E-state index contributed by atoms with van der Waals surface area (Å²) in [6.45, 7) is 0. The third-order valence-electron chi connectivity index (χ3n) is 2.59. The predicted molar refractivity (Wildman–Crippen MR) is 71.8 cm³/mol. The molecule has 0 amide bonds. The molecule has 0 aliphatic heterocycles. The number of rotatable bonds is 4. The van der Waals surface area contributed by atoms with E-state index in [1.807, 2.05) is 0 Å². The second-order valence-corrected chi connectivity index (χ2v) is 5.60. The Morgan fingerprint density at radius 3 is 2.70 bits per heavy atom. The lowest BCUT2D eigenvalue weighted by Crippen LogP contribution is -2.17. The van der Waals surface area contributed by atoms with Gasteiger partial charge in [-0.05, 0) is 24.3 Å². The number of sulfonamides is 1. The van der Waals surface area contributed by atoms with E-state index in [-0.39, 0.29) is 16.3 Å². The predicted octanol–water partition coefficient (Wildman–Crippen LogP) is 1.01. The Balaban J connectivity index is 2.31. The Morgan fingerprint density at radius 2 is 2.10 bits per heavy atom. The summed E-state index contributed by atoms with van der Waals surface area (Å²) in [5.41, 5.74) is 0.534. The number of methoxy groups -OCH3 is 1. The van der Waals surface area contributed by atoms with Crippen LogP contribution in [-0.2, 0) is 21.8 Å². The van der Waals surface area contributed by atoms with Gasteiger partial charge in [-0.2, -0.15) is 13.5 Å². The number of anilines is 1. The summed E-state index contributed by atoms with van der Waals surface area (Å²) >= 11 is 0. The summed E-state index contributed by atoms with van der Waals surface area (Å²) in [6, 6.07) is 7.42. The smallest absolute Gasteiger partial charge is 0.337 e. The average molecular weight is 295 g/mol. The van der Waals surface area contributed by atoms with Gasteiger partial charge in [0.2, 0.25) is 0 Å². The molecule has 0 bridgehead atoms. The molecule has 1 aromatic carbocycles. The summed E-state index contributed by atoms with van der Waals surface area (Å²) in [5.74, 6) is -0.536. The van der Waals surface area contributed by atoms with Crippen LogP contribution in [0.5, 0.6) is 0 Å². The fourth-order valence-corrected chi connectivity index (χ4v) is 2.84. The first-order chi connectivity index (χ1) is 9.44. The van der Waals surface area contributed by atoms with Crippen molar-refractivity contribution in [3.05, 3.63) is 42.1 Å². The first-order valence-corrected chi connectivity index (χ1v) is 7.11. The molecule has 20 heavy (non-hydrogen) atoms. The number of hydrogen-bond acceptors (Lipinski definition) is 5. The van der Waals surface area contributed by atoms with Crippen molar-refractivity contribution >= 4 is 21.7 Å². The molecular weight excluding hydrogens is 282 g/mol. The highest BCUT2D eigenvalue weighted by atomic mass is 32.2. The first kappa shape index (κ1) is 14.1. The maximum absolute atomic E-state index is 12.1. The molecule has 1 N–H and O–H groups in total. The van der Waals surface area contributed by atoms with Crippen LogP contribution in [0.25, 0.3) is 0 Å². The lowest BCUT2D eigenvalue weighted by molar-refractivity contribution is 0.0601. The molecule has 8 heteroatoms. The van der Waals surface area contributed by atoms with E-state index in [0.717, 1.165) is 0 Å². The van der Waals surface area contributed by atoms with Crippen molar-refractivity contribution in [1.82, 2.24) is 9.78 Å². The standard InChI is InChI=1S/C12H13N3O4S/c1-15-11(6-7-13-15)20(17,18)14-10-5-3-4-9(8-10)12(16)19-2/h3-8,14H,1-2H3. The Kier molecular flexibility index (Phi) is 3.75. The molecule has 2 rings (SSSR count). The monoisotopic (exact) mass is 295 g/mol. The van der Waals surface area contributed by atoms with E-state index in [9.17, 15) is 13.2 Å². The molecule has 1 aromatic heterocycles. The molecule has 1 heterocycles. The Bertz CT molecular complexity index is 737. The van der Waals surface area contributed by atoms with E-state index in [2.05, 4.69) is 14.6 Å². The zero-order valence-corrected chi connectivity index (χ0v) is 11.7. The van der Waals surface area contributed by atoms with Crippen molar-refractivity contribution in [3.8, 4) is 0 Å². The van der Waals surface area contributed by atoms with Crippen LogP contribution < -0.4 is 4.72 Å². The number of aromatic nitrogens is 2. The van der Waals surface area contributed by atoms with Gasteiger partial charge in [0.25, 0.3) is 10.0 Å². The fraction of sp³-hybridized carbons (Fsp3) is 0.167. The first-order valence-electron chi connectivity index (χ1n) is 5.63. The summed E-state index contributed by atoms with van der Waals surface area (Å²) in [5, 5.41) is 3.84. The number of nitrogens with zero attached hydrogens (tertiary/aromatic N) is 2. The maximum Gasteiger partial charge on any atom is 0.337 e. The van der Waals surface area contributed by atoms with Gasteiger partial charge < -0.3 is 4.74 Å². The molecule has 0 saturated carbocycles. The molecular formula is C12H13N3O4S. The van der Waals surface area contributed by atoms with Crippen LogP contribution >= 0.6 is 0 Å². The minimum Gasteiger partial charge on any atom is -0.465 e. The van der Waals surface area contributed by atoms with Crippen LogP contribution in [0.2, 0.25) is 0 Å². The normalized spacial score (nSPS) is 11.1. The van der Waals surface area contributed by atoms with Crippen LogP contribution in [-0.4, -0.2) is 31.3 Å². The number of carbonyl (C=O) groups excluding carboxylic acids is 1. The van der Waals surface area contributed by atoms with E-state index in [4.69, 9.17) is 0 Å². The van der Waals surface area contributed by atoms with E-state index in [1.165, 1.54) is 43.2 Å². The van der Waals surface area contributed by atoms with Gasteiger partial charge in [0.05, 0.1) is 18.9 Å². The van der Waals surface area contributed by atoms with Gasteiger partial charge in [0.1, 0.15) is 0 Å². The van der Waals surface area contributed by atoms with Crippen LogP contribution in [0, 0.1) is 0 Å². The highest BCUT2D eigenvalue weighted by molar-refractivity contribution is 7.92. The zero-order valence-electron chi connectivity index (χ0n) is 10.9. The van der Waals surface area contributed by atoms with Crippen LogP contribution in [0.4, 0.5) is 5.69 Å². The van der Waals surface area contributed by atoms with Gasteiger partial charge in [0.15, 0.2) is 5.03 Å². The van der Waals surface area contributed by atoms with Gasteiger partial charge in [-0.25, -0.2) is 4.79 Å². The number of ether oxygens (including phenoxy) is 1. The molecule has 7 nitrogen and oxygen atoms in total. The average Bonchev–Trinajstić information content (AvgIpc) is 2.85. The van der Waals surface area contributed by atoms with Crippen LogP contribution in [0.3, 0.4) is 0 Å². The summed E-state index contributed by atoms with van der Waals surface area (Å²) in [6.07, 6.45) is 1.39. The molecule has 0 radical (unpaired) electrons. The highest BCUT2D eigenvalue weighted by Gasteiger charge is 2.18. The summed E-state index contributed by atoms with van der Waals surface area (Å²) in [4.78, 5) is 11.4. The van der Waals surface area contributed by atoms with E-state index < -0.39 is 16.0 Å². The number of benzene rings is 1. The Morgan fingerprint density at radius 1 is 1.35 bits per heavy atom. The molecule has 0 aliphatic rings.